The van der Waals surface area contributed by atoms with Crippen molar-refractivity contribution < 1.29 is 39.2 Å². The minimum Gasteiger partial charge on any atom is -0.394 e. The van der Waals surface area contributed by atoms with Gasteiger partial charge in [0.05, 0.1) is 18.1 Å². The summed E-state index contributed by atoms with van der Waals surface area (Å²) in [5, 5.41) is 31.1. The Hall–Kier alpha value is -0.270. The lowest BCUT2D eigenvalue weighted by Crippen LogP contribution is -2.63. The van der Waals surface area contributed by atoms with Gasteiger partial charge in [0.25, 0.3) is 0 Å². The van der Waals surface area contributed by atoms with Crippen molar-refractivity contribution in [2.24, 2.45) is 0 Å². The van der Waals surface area contributed by atoms with Crippen molar-refractivity contribution in [2.75, 3.05) is 51.4 Å². The summed E-state index contributed by atoms with van der Waals surface area (Å²) < 4.78 is 16.1. The number of rotatable bonds is 11. The maximum absolute atomic E-state index is 11.1. The number of nitrogens with zero attached hydrogens (tertiary/aromatic N) is 2. The number of carbonyl (C=O) groups excluding carboxylic acids is 1. The van der Waals surface area contributed by atoms with Crippen LogP contribution in [0.1, 0.15) is 48.5 Å². The number of carbonyl (C=O) groups is 1. The molecule has 0 aromatic rings. The molecule has 1 heterocycles. The van der Waals surface area contributed by atoms with Gasteiger partial charge < -0.3 is 45.0 Å². The van der Waals surface area contributed by atoms with E-state index in [1.54, 1.807) is 0 Å². The van der Waals surface area contributed by atoms with Gasteiger partial charge in [-0.1, -0.05) is 41.5 Å². The summed E-state index contributed by atoms with van der Waals surface area (Å²) in [6.07, 6.45) is -3.92. The van der Waals surface area contributed by atoms with Crippen molar-refractivity contribution >= 4 is 25.3 Å². The van der Waals surface area contributed by atoms with Crippen LogP contribution in [0.2, 0.25) is 0 Å². The van der Waals surface area contributed by atoms with E-state index in [1.165, 1.54) is 46.2 Å². The monoisotopic (exact) mass is 533 g/mol. The van der Waals surface area contributed by atoms with E-state index in [0.717, 1.165) is 0 Å². The zero-order valence-corrected chi connectivity index (χ0v) is 23.5. The molecule has 1 fully saturated rings. The number of hydrogen-bond acceptors (Lipinski definition) is 9. The van der Waals surface area contributed by atoms with Gasteiger partial charge in [0, 0.05) is 6.92 Å². The highest BCUT2D eigenvalue weighted by Gasteiger charge is 2.45. The number of amides is 1. The van der Waals surface area contributed by atoms with E-state index in [2.05, 4.69) is 56.7 Å². The predicted octanol–water partition coefficient (Wildman–Crippen LogP) is 0.495. The lowest BCUT2D eigenvalue weighted by molar-refractivity contribution is -0.173. The maximum Gasteiger partial charge on any atom is 0.335 e. The highest BCUT2D eigenvalue weighted by molar-refractivity contribution is 8.04. The standard InChI is InChI=1S/C9H18NO8PS.2C6H15N/c1-4(12)10-6-8(14)7(13)5(2-11)18-9(6)20-3-19(15,16)17;2*1-4-7(5-2)6-3/h5-9,11,13-14H,2-3H2,1H3,(H,10,12)(H2,15,16,17);2*4-6H2,1-3H3/t5-,6-,7-,8-,9-;;/m1../s1. The Balaban J connectivity index is 0. The van der Waals surface area contributed by atoms with E-state index in [-0.39, 0.29) is 0 Å². The lowest BCUT2D eigenvalue weighted by Gasteiger charge is -2.42. The molecule has 0 saturated carbocycles. The van der Waals surface area contributed by atoms with Crippen LogP contribution >= 0.6 is 19.4 Å². The molecule has 1 rings (SSSR count). The molecule has 1 aliphatic rings. The Bertz CT molecular complexity index is 541. The molecule has 0 aromatic carbocycles. The van der Waals surface area contributed by atoms with Crippen molar-refractivity contribution in [3.63, 3.8) is 0 Å². The topological polar surface area (TPSA) is 163 Å². The van der Waals surface area contributed by atoms with E-state index in [1.807, 2.05) is 0 Å². The van der Waals surface area contributed by atoms with Crippen LogP contribution in [-0.4, -0.2) is 122 Å². The van der Waals surface area contributed by atoms with Crippen molar-refractivity contribution in [2.45, 2.75) is 78.3 Å². The molecule has 206 valence electrons. The summed E-state index contributed by atoms with van der Waals surface area (Å²) >= 11 is 0.697. The molecule has 0 bridgehead atoms. The van der Waals surface area contributed by atoms with Crippen LogP contribution in [0.4, 0.5) is 0 Å². The maximum atomic E-state index is 11.1. The first-order valence-electron chi connectivity index (χ1n) is 11.9. The molecule has 34 heavy (non-hydrogen) atoms. The van der Waals surface area contributed by atoms with Crippen LogP contribution in [0.3, 0.4) is 0 Å². The van der Waals surface area contributed by atoms with Crippen molar-refractivity contribution in [3.8, 4) is 0 Å². The first kappa shape index (κ1) is 35.9. The molecule has 11 nitrogen and oxygen atoms in total. The molecule has 6 N–H and O–H groups in total. The number of aliphatic hydroxyl groups is 3. The molecule has 1 aliphatic heterocycles. The van der Waals surface area contributed by atoms with Crippen LogP contribution in [0, 0.1) is 0 Å². The summed E-state index contributed by atoms with van der Waals surface area (Å²) in [6.45, 7) is 20.9. The summed E-state index contributed by atoms with van der Waals surface area (Å²) in [4.78, 5) is 33.5. The van der Waals surface area contributed by atoms with Gasteiger partial charge in [0.1, 0.15) is 23.7 Å². The molecule has 0 unspecified atom stereocenters. The Labute approximate surface area is 209 Å². The second kappa shape index (κ2) is 19.9. The van der Waals surface area contributed by atoms with Crippen LogP contribution in [0.25, 0.3) is 0 Å². The Morgan fingerprint density at radius 1 is 0.912 bits per heavy atom. The van der Waals surface area contributed by atoms with Crippen molar-refractivity contribution in [3.05, 3.63) is 0 Å². The van der Waals surface area contributed by atoms with Crippen LogP contribution in [-0.2, 0) is 14.1 Å². The summed E-state index contributed by atoms with van der Waals surface area (Å²) in [5.74, 6) is -0.492. The molecule has 1 saturated heterocycles. The molecule has 0 spiro atoms. The van der Waals surface area contributed by atoms with E-state index >= 15 is 0 Å². The van der Waals surface area contributed by atoms with Gasteiger partial charge in [-0.15, -0.1) is 11.8 Å². The molecular formula is C21H48N3O8PS. The number of aliphatic hydroxyl groups excluding tert-OH is 3. The third-order valence-electron chi connectivity index (χ3n) is 5.34. The Morgan fingerprint density at radius 2 is 1.32 bits per heavy atom. The zero-order chi connectivity index (χ0) is 26.9. The van der Waals surface area contributed by atoms with E-state index in [4.69, 9.17) is 19.6 Å². The number of thioether (sulfide) groups is 1. The minimum absolute atomic E-state index is 0.492. The lowest BCUT2D eigenvalue weighted by atomic mass is 9.98. The number of nitrogens with one attached hydrogen (secondary N) is 1. The fourth-order valence-corrected chi connectivity index (χ4v) is 5.15. The fourth-order valence-electron chi connectivity index (χ4n) is 3.13. The van der Waals surface area contributed by atoms with Gasteiger partial charge in [-0.3, -0.25) is 9.36 Å². The molecule has 13 heteroatoms. The average molecular weight is 534 g/mol. The van der Waals surface area contributed by atoms with Crippen LogP contribution in [0.15, 0.2) is 0 Å². The van der Waals surface area contributed by atoms with Gasteiger partial charge in [0.15, 0.2) is 0 Å². The quantitative estimate of drug-likeness (QED) is 0.205. The second-order valence-electron chi connectivity index (χ2n) is 7.63. The first-order valence-corrected chi connectivity index (χ1v) is 14.7. The SMILES string of the molecule is CC(=O)N[C@@H]1[C@@H](O)[C@H](O)[C@@H](CO)O[C@@H]1SCP(=O)(O)O.CCN(CC)CC.CCN(CC)CC. The van der Waals surface area contributed by atoms with Crippen LogP contribution in [0.5, 0.6) is 0 Å². The first-order chi connectivity index (χ1) is 15.8. The predicted molar refractivity (Wildman–Crippen MR) is 137 cm³/mol. The van der Waals surface area contributed by atoms with Gasteiger partial charge in [0.2, 0.25) is 5.91 Å². The smallest absolute Gasteiger partial charge is 0.335 e. The normalized spacial score (nSPS) is 24.7. The molecule has 0 aliphatic carbocycles. The van der Waals surface area contributed by atoms with Crippen LogP contribution < -0.4 is 5.32 Å². The fraction of sp³-hybridized carbons (Fsp3) is 0.952. The molecular weight excluding hydrogens is 485 g/mol. The van der Waals surface area contributed by atoms with Crippen molar-refractivity contribution in [1.29, 1.82) is 0 Å². The van der Waals surface area contributed by atoms with E-state index in [9.17, 15) is 19.6 Å². The third-order valence-corrected chi connectivity index (χ3v) is 8.02. The van der Waals surface area contributed by atoms with Gasteiger partial charge in [-0.25, -0.2) is 0 Å². The largest absolute Gasteiger partial charge is 0.394 e. The summed E-state index contributed by atoms with van der Waals surface area (Å²) in [6, 6.07) is -1.04. The van der Waals surface area contributed by atoms with Gasteiger partial charge in [-0.05, 0) is 39.3 Å². The van der Waals surface area contributed by atoms with Gasteiger partial charge in [-0.2, -0.15) is 0 Å². The summed E-state index contributed by atoms with van der Waals surface area (Å²) in [7, 11) is -4.29. The van der Waals surface area contributed by atoms with E-state index in [0.29, 0.717) is 11.8 Å². The average Bonchev–Trinajstić information content (AvgIpc) is 2.79. The molecule has 1 amide bonds. The highest BCUT2D eigenvalue weighted by atomic mass is 32.2. The molecule has 0 aromatic heterocycles. The zero-order valence-electron chi connectivity index (χ0n) is 21.8. The minimum atomic E-state index is -4.29. The number of ether oxygens (including phenoxy) is 1. The Kier molecular flexibility index (Phi) is 21.0. The molecule has 5 atom stereocenters. The molecule has 0 radical (unpaired) electrons. The third kappa shape index (κ3) is 15.7. The van der Waals surface area contributed by atoms with E-state index < -0.39 is 55.4 Å². The Morgan fingerprint density at radius 3 is 1.59 bits per heavy atom. The highest BCUT2D eigenvalue weighted by Crippen LogP contribution is 2.42. The summed E-state index contributed by atoms with van der Waals surface area (Å²) in [5.41, 5.74) is -1.57. The van der Waals surface area contributed by atoms with Crippen molar-refractivity contribution in [1.82, 2.24) is 15.1 Å². The second-order valence-corrected chi connectivity index (χ2v) is 10.8. The van der Waals surface area contributed by atoms with Gasteiger partial charge >= 0.3 is 7.60 Å². The number of hydrogen-bond donors (Lipinski definition) is 6.